The highest BCUT2D eigenvalue weighted by atomic mass is 32.1. The quantitative estimate of drug-likeness (QED) is 0.472. The van der Waals surface area contributed by atoms with Gasteiger partial charge in [0.2, 0.25) is 5.91 Å². The summed E-state index contributed by atoms with van der Waals surface area (Å²) in [6.07, 6.45) is 5.36. The van der Waals surface area contributed by atoms with Gasteiger partial charge in [-0.1, -0.05) is 12.8 Å². The Kier molecular flexibility index (Phi) is 5.63. The lowest BCUT2D eigenvalue weighted by Crippen LogP contribution is -2.58. The summed E-state index contributed by atoms with van der Waals surface area (Å²) in [5, 5.41) is 2.64. The lowest BCUT2D eigenvalue weighted by molar-refractivity contribution is -0.130. The van der Waals surface area contributed by atoms with E-state index in [0.29, 0.717) is 11.4 Å². The molecule has 1 aliphatic heterocycles. The molecule has 1 saturated carbocycles. The van der Waals surface area contributed by atoms with Crippen molar-refractivity contribution in [3.8, 4) is 5.75 Å². The van der Waals surface area contributed by atoms with Gasteiger partial charge in [0.1, 0.15) is 5.75 Å². The Hall–Kier alpha value is -2.32. The minimum Gasteiger partial charge on any atom is -0.497 e. The molecule has 1 heterocycles. The smallest absolute Gasteiger partial charge is 0.251 e. The molecule has 0 spiro atoms. The molecule has 138 valence electrons. The molecule has 0 radical (unpaired) electrons. The number of anilines is 1. The van der Waals surface area contributed by atoms with Crippen molar-refractivity contribution in [3.63, 3.8) is 0 Å². The molecule has 2 aliphatic rings. The molecule has 3 atom stereocenters. The van der Waals surface area contributed by atoms with Crippen LogP contribution in [0.2, 0.25) is 0 Å². The Bertz CT molecular complexity index is 734. The van der Waals surface area contributed by atoms with Crippen LogP contribution in [0.1, 0.15) is 25.7 Å². The van der Waals surface area contributed by atoms with Crippen LogP contribution in [0.15, 0.2) is 29.3 Å². The number of hydrogen-bond acceptors (Lipinski definition) is 6. The van der Waals surface area contributed by atoms with Crippen LogP contribution in [0.4, 0.5) is 5.69 Å². The first-order valence-electron chi connectivity index (χ1n) is 8.63. The first kappa shape index (κ1) is 18.5. The molecule has 26 heavy (non-hydrogen) atoms. The van der Waals surface area contributed by atoms with Crippen molar-refractivity contribution in [3.05, 3.63) is 24.3 Å². The summed E-state index contributed by atoms with van der Waals surface area (Å²) in [7, 11) is 1.56. The number of nitrogens with zero attached hydrogens (tertiary/aromatic N) is 2. The standard InChI is InChI=1S/C18H22N4O3S/c1-25-12-8-6-11(7-9-12)22-17(24)13(16(23)21-18(22)26)10-20-15-5-3-2-4-14(15)19/h6-10,13-15H,2-5,19H2,1H3,(H,21,23,26)/t13-,14-,15+/m1/s1. The average molecular weight is 374 g/mol. The number of rotatable bonds is 4. The van der Waals surface area contributed by atoms with Gasteiger partial charge in [0.25, 0.3) is 5.91 Å². The van der Waals surface area contributed by atoms with Crippen molar-refractivity contribution in [1.29, 1.82) is 0 Å². The number of amides is 2. The summed E-state index contributed by atoms with van der Waals surface area (Å²) in [4.78, 5) is 30.9. The molecule has 1 saturated heterocycles. The zero-order chi connectivity index (χ0) is 18.7. The zero-order valence-corrected chi connectivity index (χ0v) is 15.4. The summed E-state index contributed by atoms with van der Waals surface area (Å²) in [6, 6.07) is 6.81. The second kappa shape index (κ2) is 7.92. The van der Waals surface area contributed by atoms with Crippen LogP contribution >= 0.6 is 12.2 Å². The summed E-state index contributed by atoms with van der Waals surface area (Å²) in [6.45, 7) is 0. The van der Waals surface area contributed by atoms with Crippen molar-refractivity contribution in [2.45, 2.75) is 37.8 Å². The minimum atomic E-state index is -1.02. The van der Waals surface area contributed by atoms with Crippen LogP contribution in [-0.4, -0.2) is 42.3 Å². The molecule has 1 aliphatic carbocycles. The highest BCUT2D eigenvalue weighted by Gasteiger charge is 2.38. The summed E-state index contributed by atoms with van der Waals surface area (Å²) in [5.41, 5.74) is 6.65. The number of benzene rings is 1. The number of thiocarbonyl (C=S) groups is 1. The normalized spacial score (nSPS) is 26.9. The van der Waals surface area contributed by atoms with E-state index in [1.165, 1.54) is 11.1 Å². The maximum atomic E-state index is 12.9. The lowest BCUT2D eigenvalue weighted by Gasteiger charge is -2.31. The molecule has 8 heteroatoms. The number of methoxy groups -OCH3 is 1. The molecular formula is C18H22N4O3S. The van der Waals surface area contributed by atoms with Crippen LogP contribution in [0.5, 0.6) is 5.75 Å². The van der Waals surface area contributed by atoms with Crippen LogP contribution in [0, 0.1) is 5.92 Å². The first-order chi connectivity index (χ1) is 12.5. The molecule has 2 amide bonds. The van der Waals surface area contributed by atoms with Crippen LogP contribution in [0.3, 0.4) is 0 Å². The van der Waals surface area contributed by atoms with E-state index >= 15 is 0 Å². The zero-order valence-electron chi connectivity index (χ0n) is 14.6. The number of hydrogen-bond donors (Lipinski definition) is 2. The van der Waals surface area contributed by atoms with E-state index < -0.39 is 17.7 Å². The first-order valence-corrected chi connectivity index (χ1v) is 9.04. The molecule has 1 aromatic carbocycles. The van der Waals surface area contributed by atoms with Crippen molar-refractivity contribution >= 4 is 41.0 Å². The molecule has 3 rings (SSSR count). The number of nitrogens with one attached hydrogen (secondary N) is 1. The van der Waals surface area contributed by atoms with Gasteiger partial charge in [0.15, 0.2) is 11.0 Å². The van der Waals surface area contributed by atoms with Crippen LogP contribution in [0.25, 0.3) is 0 Å². The molecule has 3 N–H and O–H groups in total. The number of nitrogens with two attached hydrogens (primary N) is 1. The number of carbonyl (C=O) groups is 2. The van der Waals surface area contributed by atoms with Crippen LogP contribution in [-0.2, 0) is 9.59 Å². The highest BCUT2D eigenvalue weighted by Crippen LogP contribution is 2.24. The van der Waals surface area contributed by atoms with E-state index in [1.54, 1.807) is 31.4 Å². The third-order valence-electron chi connectivity index (χ3n) is 4.74. The third-order valence-corrected chi connectivity index (χ3v) is 5.03. The average Bonchev–Trinajstić information content (AvgIpc) is 2.63. The molecule has 2 fully saturated rings. The fourth-order valence-corrected chi connectivity index (χ4v) is 3.52. The number of carbonyl (C=O) groups excluding carboxylic acids is 2. The lowest BCUT2D eigenvalue weighted by atomic mass is 9.91. The fourth-order valence-electron chi connectivity index (χ4n) is 3.22. The van der Waals surface area contributed by atoms with Gasteiger partial charge in [-0.3, -0.25) is 19.5 Å². The summed E-state index contributed by atoms with van der Waals surface area (Å²) >= 11 is 5.18. The van der Waals surface area contributed by atoms with Gasteiger partial charge in [0, 0.05) is 12.3 Å². The Morgan fingerprint density at radius 3 is 2.62 bits per heavy atom. The second-order valence-corrected chi connectivity index (χ2v) is 6.84. The van der Waals surface area contributed by atoms with Crippen molar-refractivity contribution < 1.29 is 14.3 Å². The van der Waals surface area contributed by atoms with Crippen molar-refractivity contribution in [1.82, 2.24) is 5.32 Å². The molecule has 1 aromatic rings. The Morgan fingerprint density at radius 1 is 1.27 bits per heavy atom. The van der Waals surface area contributed by atoms with Gasteiger partial charge >= 0.3 is 0 Å². The Labute approximate surface area is 157 Å². The van der Waals surface area contributed by atoms with Crippen molar-refractivity contribution in [2.75, 3.05) is 12.0 Å². The molecule has 0 unspecified atom stereocenters. The monoisotopic (exact) mass is 374 g/mol. The maximum Gasteiger partial charge on any atom is 0.251 e. The molecule has 0 bridgehead atoms. The van der Waals surface area contributed by atoms with E-state index in [2.05, 4.69) is 10.3 Å². The minimum absolute atomic E-state index is 0.0273. The SMILES string of the molecule is COc1ccc(N2C(=O)[C@H](C=N[C@H]3CCCC[C@H]3N)C(=O)NC2=S)cc1. The Balaban J connectivity index is 1.80. The van der Waals surface area contributed by atoms with Gasteiger partial charge in [-0.25, -0.2) is 0 Å². The predicted molar refractivity (Wildman–Crippen MR) is 103 cm³/mol. The van der Waals surface area contributed by atoms with Gasteiger partial charge in [-0.05, 0) is 49.3 Å². The van der Waals surface area contributed by atoms with Crippen molar-refractivity contribution in [2.24, 2.45) is 16.6 Å². The summed E-state index contributed by atoms with van der Waals surface area (Å²) < 4.78 is 5.13. The second-order valence-electron chi connectivity index (χ2n) is 6.46. The van der Waals surface area contributed by atoms with E-state index in [4.69, 9.17) is 22.7 Å². The van der Waals surface area contributed by atoms with Gasteiger partial charge < -0.3 is 15.8 Å². The largest absolute Gasteiger partial charge is 0.497 e. The maximum absolute atomic E-state index is 12.9. The number of aliphatic imine (C=N–C) groups is 1. The highest BCUT2D eigenvalue weighted by molar-refractivity contribution is 7.80. The Morgan fingerprint density at radius 2 is 1.96 bits per heavy atom. The van der Waals surface area contributed by atoms with Gasteiger partial charge in [-0.15, -0.1) is 0 Å². The van der Waals surface area contributed by atoms with E-state index in [9.17, 15) is 9.59 Å². The topological polar surface area (TPSA) is 97.0 Å². The van der Waals surface area contributed by atoms with E-state index in [0.717, 1.165) is 25.7 Å². The molecule has 7 nitrogen and oxygen atoms in total. The van der Waals surface area contributed by atoms with E-state index in [1.807, 2.05) is 0 Å². The number of ether oxygens (including phenoxy) is 1. The predicted octanol–water partition coefficient (Wildman–Crippen LogP) is 1.40. The molecular weight excluding hydrogens is 352 g/mol. The van der Waals surface area contributed by atoms with Gasteiger partial charge in [-0.2, -0.15) is 0 Å². The van der Waals surface area contributed by atoms with Crippen LogP contribution < -0.4 is 20.7 Å². The van der Waals surface area contributed by atoms with Gasteiger partial charge in [0.05, 0.1) is 18.8 Å². The fraction of sp³-hybridized carbons (Fsp3) is 0.444. The van der Waals surface area contributed by atoms with E-state index in [-0.39, 0.29) is 17.2 Å². The molecule has 0 aromatic heterocycles. The summed E-state index contributed by atoms with van der Waals surface area (Å²) in [5.74, 6) is -1.23. The third kappa shape index (κ3) is 3.76.